The monoisotopic (exact) mass is 663 g/mol. The number of urea groups is 2. The zero-order valence-corrected chi connectivity index (χ0v) is 26.5. The summed E-state index contributed by atoms with van der Waals surface area (Å²) in [5.74, 6) is -0.705. The van der Waals surface area contributed by atoms with E-state index in [0.29, 0.717) is 5.69 Å². The van der Waals surface area contributed by atoms with Crippen LogP contribution < -0.4 is 20.7 Å². The minimum atomic E-state index is -4.52. The normalized spacial score (nSPS) is 17.0. The van der Waals surface area contributed by atoms with Crippen LogP contribution in [0.1, 0.15) is 29.8 Å². The lowest BCUT2D eigenvalue weighted by atomic mass is 9.99. The van der Waals surface area contributed by atoms with Crippen LogP contribution in [0.2, 0.25) is 0 Å². The van der Waals surface area contributed by atoms with Gasteiger partial charge in [0.1, 0.15) is 6.10 Å². The highest BCUT2D eigenvalue weighted by Crippen LogP contribution is 2.35. The molecule has 1 heterocycles. The van der Waals surface area contributed by atoms with Crippen molar-refractivity contribution in [2.24, 2.45) is 5.92 Å². The molecule has 1 aliphatic heterocycles. The van der Waals surface area contributed by atoms with Crippen LogP contribution >= 0.6 is 0 Å². The predicted molar refractivity (Wildman–Crippen MR) is 177 cm³/mol. The summed E-state index contributed by atoms with van der Waals surface area (Å²) in [6.45, 7) is 3.60. The second-order valence-electron chi connectivity index (χ2n) is 11.8. The highest BCUT2D eigenvalue weighted by atomic mass is 19.4. The zero-order valence-electron chi connectivity index (χ0n) is 26.5. The molecule has 0 bridgehead atoms. The van der Waals surface area contributed by atoms with Gasteiger partial charge < -0.3 is 35.6 Å². The van der Waals surface area contributed by atoms with E-state index in [0.717, 1.165) is 35.0 Å². The van der Waals surface area contributed by atoms with E-state index < -0.39 is 35.8 Å². The Hall–Kier alpha value is -5.30. The number of nitrogens with zero attached hydrogens (tertiary/aromatic N) is 2. The Kier molecular flexibility index (Phi) is 10.1. The number of alkyl halides is 3. The SMILES string of the molecule is C[C@@H]1CN([C@@H](C)CO)C(=O)c2cccc(NC(=O)Nc3ccc(C(F)(F)F)cc3)c2O[C@@H]1CN(C)C(=O)Nc1cccc2ccccc12. The summed E-state index contributed by atoms with van der Waals surface area (Å²) >= 11 is 0. The number of fused-ring (bicyclic) bond motifs is 2. The van der Waals surface area contributed by atoms with Crippen molar-refractivity contribution in [1.29, 1.82) is 0 Å². The lowest BCUT2D eigenvalue weighted by Gasteiger charge is -2.38. The molecule has 4 aromatic carbocycles. The average Bonchev–Trinajstić information content (AvgIpc) is 3.06. The number of carbonyl (C=O) groups excluding carboxylic acids is 3. The molecule has 0 fully saturated rings. The highest BCUT2D eigenvalue weighted by molar-refractivity contribution is 6.04. The molecule has 5 amide bonds. The summed E-state index contributed by atoms with van der Waals surface area (Å²) < 4.78 is 45.4. The Morgan fingerprint density at radius 3 is 2.33 bits per heavy atom. The van der Waals surface area contributed by atoms with Gasteiger partial charge in [-0.25, -0.2) is 9.59 Å². The quantitative estimate of drug-likeness (QED) is 0.172. The Labute approximate surface area is 275 Å². The molecule has 0 saturated heterocycles. The molecule has 252 valence electrons. The zero-order chi connectivity index (χ0) is 34.6. The van der Waals surface area contributed by atoms with Crippen LogP contribution in [-0.4, -0.2) is 71.8 Å². The first-order chi connectivity index (χ1) is 22.8. The third kappa shape index (κ3) is 7.63. The summed E-state index contributed by atoms with van der Waals surface area (Å²) in [6.07, 6.45) is -5.19. The molecule has 0 spiro atoms. The summed E-state index contributed by atoms with van der Waals surface area (Å²) in [4.78, 5) is 43.2. The first-order valence-corrected chi connectivity index (χ1v) is 15.3. The predicted octanol–water partition coefficient (Wildman–Crippen LogP) is 6.89. The summed E-state index contributed by atoms with van der Waals surface area (Å²) in [6, 6.07) is 20.2. The van der Waals surface area contributed by atoms with E-state index in [4.69, 9.17) is 4.74 Å². The molecule has 0 saturated carbocycles. The van der Waals surface area contributed by atoms with Crippen molar-refractivity contribution in [3.8, 4) is 5.75 Å². The van der Waals surface area contributed by atoms with Gasteiger partial charge in [-0.2, -0.15) is 13.2 Å². The van der Waals surface area contributed by atoms with Gasteiger partial charge in [-0.15, -0.1) is 0 Å². The second kappa shape index (κ2) is 14.2. The fourth-order valence-electron chi connectivity index (χ4n) is 5.48. The number of halogens is 3. The number of aliphatic hydroxyl groups excluding tert-OH is 1. The molecule has 0 radical (unpaired) electrons. The van der Waals surface area contributed by atoms with Gasteiger partial charge in [-0.05, 0) is 54.8 Å². The number of aliphatic hydroxyl groups is 1. The Balaban J connectivity index is 1.40. The number of hydrogen-bond acceptors (Lipinski definition) is 5. The number of para-hydroxylation sites is 1. The van der Waals surface area contributed by atoms with Gasteiger partial charge in [0.2, 0.25) is 0 Å². The summed E-state index contributed by atoms with van der Waals surface area (Å²) in [7, 11) is 1.62. The molecule has 3 atom stereocenters. The fourth-order valence-corrected chi connectivity index (χ4v) is 5.48. The number of hydrogen-bond donors (Lipinski definition) is 4. The van der Waals surface area contributed by atoms with E-state index >= 15 is 0 Å². The van der Waals surface area contributed by atoms with Crippen LogP contribution in [0, 0.1) is 5.92 Å². The molecule has 0 aliphatic carbocycles. The number of nitrogens with one attached hydrogen (secondary N) is 3. The Morgan fingerprint density at radius 2 is 1.62 bits per heavy atom. The van der Waals surface area contributed by atoms with Gasteiger partial charge in [0.15, 0.2) is 5.75 Å². The number of anilines is 3. The summed E-state index contributed by atoms with van der Waals surface area (Å²) in [5, 5.41) is 19.9. The van der Waals surface area contributed by atoms with Crippen LogP contribution in [-0.2, 0) is 6.18 Å². The average molecular weight is 664 g/mol. The lowest BCUT2D eigenvalue weighted by molar-refractivity contribution is -0.137. The number of likely N-dealkylation sites (N-methyl/N-ethyl adjacent to an activating group) is 1. The van der Waals surface area contributed by atoms with Gasteiger partial charge in [0.25, 0.3) is 5.91 Å². The molecule has 48 heavy (non-hydrogen) atoms. The van der Waals surface area contributed by atoms with E-state index in [2.05, 4.69) is 16.0 Å². The molecule has 5 rings (SSSR count). The van der Waals surface area contributed by atoms with Gasteiger partial charge >= 0.3 is 18.2 Å². The third-order valence-corrected chi connectivity index (χ3v) is 8.24. The molecule has 4 aromatic rings. The number of carbonyl (C=O) groups is 3. The topological polar surface area (TPSA) is 123 Å². The van der Waals surface area contributed by atoms with Crippen molar-refractivity contribution >= 4 is 45.8 Å². The number of amides is 5. The Bertz CT molecular complexity index is 1790. The molecule has 10 nitrogen and oxygen atoms in total. The van der Waals surface area contributed by atoms with Gasteiger partial charge in [-0.1, -0.05) is 49.4 Å². The van der Waals surface area contributed by atoms with Crippen molar-refractivity contribution in [2.45, 2.75) is 32.2 Å². The molecule has 13 heteroatoms. The van der Waals surface area contributed by atoms with Crippen molar-refractivity contribution < 1.29 is 37.4 Å². The Morgan fingerprint density at radius 1 is 0.958 bits per heavy atom. The molecule has 0 aromatic heterocycles. The van der Waals surface area contributed by atoms with Crippen LogP contribution in [0.5, 0.6) is 5.75 Å². The number of ether oxygens (including phenoxy) is 1. The summed E-state index contributed by atoms with van der Waals surface area (Å²) in [5.41, 5.74) is 0.152. The second-order valence-corrected chi connectivity index (χ2v) is 11.8. The lowest BCUT2D eigenvalue weighted by Crippen LogP contribution is -2.50. The molecular formula is C35H36F3N5O5. The van der Waals surface area contributed by atoms with Crippen molar-refractivity contribution in [3.63, 3.8) is 0 Å². The van der Waals surface area contributed by atoms with E-state index in [9.17, 15) is 32.7 Å². The van der Waals surface area contributed by atoms with Crippen LogP contribution in [0.15, 0.2) is 84.9 Å². The largest absolute Gasteiger partial charge is 0.485 e. The smallest absolute Gasteiger partial charge is 0.416 e. The number of rotatable bonds is 7. The van der Waals surface area contributed by atoms with Crippen LogP contribution in [0.3, 0.4) is 0 Å². The number of benzene rings is 4. The van der Waals surface area contributed by atoms with E-state index in [1.54, 1.807) is 20.0 Å². The standard InChI is InChI=1S/C35H36F3N5O5/c1-21-18-43(22(2)20-44)32(45)27-11-7-13-29(40-33(46)39-25-16-14-24(15-17-25)35(36,37)38)31(27)48-30(21)19-42(3)34(47)41-28-12-6-9-23-8-4-5-10-26(23)28/h4-17,21-22,30,44H,18-20H2,1-3H3,(H,41,47)(H2,39,40,46)/t21-,22+,30-/m1/s1. The van der Waals surface area contributed by atoms with Crippen molar-refractivity contribution in [1.82, 2.24) is 9.80 Å². The van der Waals surface area contributed by atoms with E-state index in [-0.39, 0.29) is 54.3 Å². The minimum absolute atomic E-state index is 0.0552. The third-order valence-electron chi connectivity index (χ3n) is 8.24. The fraction of sp³-hybridized carbons (Fsp3) is 0.286. The first-order valence-electron chi connectivity index (χ1n) is 15.3. The highest BCUT2D eigenvalue weighted by Gasteiger charge is 2.35. The first kappa shape index (κ1) is 34.0. The molecule has 4 N–H and O–H groups in total. The molecule has 1 aliphatic rings. The van der Waals surface area contributed by atoms with Gasteiger partial charge in [0.05, 0.1) is 41.7 Å². The van der Waals surface area contributed by atoms with Gasteiger partial charge in [0, 0.05) is 30.6 Å². The maximum absolute atomic E-state index is 13.8. The molecule has 0 unspecified atom stereocenters. The minimum Gasteiger partial charge on any atom is -0.485 e. The van der Waals surface area contributed by atoms with Crippen LogP contribution in [0.4, 0.5) is 39.8 Å². The van der Waals surface area contributed by atoms with Crippen LogP contribution in [0.25, 0.3) is 10.8 Å². The van der Waals surface area contributed by atoms with Crippen molar-refractivity contribution in [2.75, 3.05) is 42.7 Å². The molecular weight excluding hydrogens is 627 g/mol. The van der Waals surface area contributed by atoms with E-state index in [1.807, 2.05) is 49.4 Å². The van der Waals surface area contributed by atoms with Crippen molar-refractivity contribution in [3.05, 3.63) is 96.1 Å². The van der Waals surface area contributed by atoms with E-state index in [1.165, 1.54) is 21.9 Å². The maximum atomic E-state index is 13.8. The van der Waals surface area contributed by atoms with Gasteiger partial charge in [-0.3, -0.25) is 4.79 Å². The maximum Gasteiger partial charge on any atom is 0.416 e.